The van der Waals surface area contributed by atoms with Gasteiger partial charge in [-0.3, -0.25) is 0 Å². The summed E-state index contributed by atoms with van der Waals surface area (Å²) in [6.07, 6.45) is 0. The molecule has 2 aromatic rings. The van der Waals surface area contributed by atoms with Crippen LogP contribution in [0.2, 0.25) is 0 Å². The molecule has 0 aliphatic heterocycles. The van der Waals surface area contributed by atoms with Crippen molar-refractivity contribution in [1.82, 2.24) is 0 Å². The predicted molar refractivity (Wildman–Crippen MR) is 71.8 cm³/mol. The zero-order valence-electron chi connectivity index (χ0n) is 10.3. The van der Waals surface area contributed by atoms with E-state index in [1.165, 1.54) is 0 Å². The van der Waals surface area contributed by atoms with Crippen molar-refractivity contribution in [3.63, 3.8) is 0 Å². The Kier molecular flexibility index (Phi) is 4.57. The second-order valence-corrected chi connectivity index (χ2v) is 5.63. The predicted octanol–water partition coefficient (Wildman–Crippen LogP) is 2.49. The monoisotopic (exact) mass is 276 g/mol. The Morgan fingerprint density at radius 1 is 1.06 bits per heavy atom. The molecule has 0 fully saturated rings. The Balaban J connectivity index is 0.00000162. The number of hydrogen-bond donors (Lipinski definition) is 0. The van der Waals surface area contributed by atoms with E-state index >= 15 is 0 Å². The summed E-state index contributed by atoms with van der Waals surface area (Å²) in [7, 11) is -4.46. The number of rotatable bonds is 2. The summed E-state index contributed by atoms with van der Waals surface area (Å²) in [5.41, 5.74) is 0.582. The Morgan fingerprint density at radius 2 is 1.67 bits per heavy atom. The van der Waals surface area contributed by atoms with Gasteiger partial charge in [0.05, 0.1) is 4.90 Å². The summed E-state index contributed by atoms with van der Waals surface area (Å²) in [5.74, 6) is -0.00155. The topological polar surface area (TPSA) is 57.2 Å². The van der Waals surface area contributed by atoms with Crippen molar-refractivity contribution in [3.8, 4) is 0 Å². The maximum atomic E-state index is 11.4. The fraction of sp³-hybridized carbons (Fsp3) is 0.231. The maximum absolute atomic E-state index is 11.4. The molecule has 0 atom stereocenters. The van der Waals surface area contributed by atoms with Gasteiger partial charge < -0.3 is 4.55 Å². The smallest absolute Gasteiger partial charge is 0.744 e. The van der Waals surface area contributed by atoms with Gasteiger partial charge in [-0.1, -0.05) is 50.2 Å². The first-order valence-electron chi connectivity index (χ1n) is 5.39. The van der Waals surface area contributed by atoms with Crippen LogP contribution in [0, 0.1) is 0 Å². The molecule has 0 aliphatic carbocycles. The average molecular weight is 276 g/mol. The number of hydrogen-bond acceptors (Lipinski definition) is 3. The van der Waals surface area contributed by atoms with E-state index in [1.54, 1.807) is 24.3 Å². The van der Waals surface area contributed by atoms with Crippen LogP contribution in [0.3, 0.4) is 0 Å². The third kappa shape index (κ3) is 2.76. The van der Waals surface area contributed by atoms with Crippen LogP contribution in [-0.4, -0.2) is 30.3 Å². The van der Waals surface area contributed by atoms with E-state index < -0.39 is 10.1 Å². The van der Waals surface area contributed by atoms with Crippen LogP contribution in [0.15, 0.2) is 41.3 Å². The van der Waals surface area contributed by atoms with Crippen LogP contribution in [0.4, 0.5) is 0 Å². The molecule has 0 amide bonds. The van der Waals surface area contributed by atoms with E-state index in [0.717, 1.165) is 5.39 Å². The van der Waals surface area contributed by atoms with Crippen molar-refractivity contribution in [1.29, 1.82) is 0 Å². The summed E-state index contributed by atoms with van der Waals surface area (Å²) in [5, 5.41) is 1.28. The molecule has 0 heterocycles. The summed E-state index contributed by atoms with van der Waals surface area (Å²) < 4.78 is 34.2. The van der Waals surface area contributed by atoms with Gasteiger partial charge in [0.1, 0.15) is 10.1 Å². The minimum absolute atomic E-state index is 0. The Bertz CT molecular complexity index is 663. The third-order valence-corrected chi connectivity index (χ3v) is 3.74. The summed E-state index contributed by atoms with van der Waals surface area (Å²) in [4.78, 5) is -0.0781. The zero-order chi connectivity index (χ0) is 12.6. The second kappa shape index (κ2) is 5.42. The minimum atomic E-state index is -4.46. The molecule has 90 valence electrons. The van der Waals surface area contributed by atoms with Gasteiger partial charge >= 0.3 is 17.4 Å². The molecule has 0 aromatic heterocycles. The Morgan fingerprint density at radius 3 is 2.22 bits per heavy atom. The molecular weight excluding hydrogens is 263 g/mol. The molecule has 0 N–H and O–H groups in total. The Hall–Kier alpha value is -0.858. The molecule has 0 spiro atoms. The number of fused-ring (bicyclic) bond motifs is 1. The van der Waals surface area contributed by atoms with Crippen molar-refractivity contribution in [3.05, 3.63) is 42.0 Å². The first kappa shape index (κ1) is 15.2. The summed E-state index contributed by atoms with van der Waals surface area (Å²) in [6.45, 7) is 3.75. The van der Waals surface area contributed by atoms with E-state index in [2.05, 4.69) is 0 Å². The van der Waals surface area contributed by atoms with Crippen molar-refractivity contribution >= 4 is 38.3 Å². The standard InChI is InChI=1S/C13H14O3S.Al/c1-9(2)11-8-7-10-5-3-4-6-12(10)13(11)17(14,15)16;/h3-9H,1-2H3,(H,14,15,16);/q;+3/p-1. The second-order valence-electron chi connectivity index (χ2n) is 4.31. The average Bonchev–Trinajstić information content (AvgIpc) is 2.26. The molecule has 0 aliphatic rings. The van der Waals surface area contributed by atoms with E-state index in [9.17, 15) is 13.0 Å². The van der Waals surface area contributed by atoms with Crippen molar-refractivity contribution < 1.29 is 13.0 Å². The molecule has 18 heavy (non-hydrogen) atoms. The molecule has 2 aromatic carbocycles. The fourth-order valence-corrected chi connectivity index (χ4v) is 3.04. The van der Waals surface area contributed by atoms with Crippen LogP contribution >= 0.6 is 0 Å². The van der Waals surface area contributed by atoms with Gasteiger partial charge in [0.2, 0.25) is 0 Å². The van der Waals surface area contributed by atoms with Gasteiger partial charge in [-0.25, -0.2) is 8.42 Å². The van der Waals surface area contributed by atoms with Gasteiger partial charge in [-0.05, 0) is 22.3 Å². The van der Waals surface area contributed by atoms with Crippen LogP contribution < -0.4 is 0 Å². The van der Waals surface area contributed by atoms with Crippen LogP contribution in [-0.2, 0) is 10.1 Å². The molecule has 5 heteroatoms. The van der Waals surface area contributed by atoms with E-state index in [1.807, 2.05) is 26.0 Å². The molecule has 0 unspecified atom stereocenters. The van der Waals surface area contributed by atoms with E-state index in [4.69, 9.17) is 0 Å². The minimum Gasteiger partial charge on any atom is -0.744 e. The van der Waals surface area contributed by atoms with Crippen molar-refractivity contribution in [2.45, 2.75) is 24.7 Å². The SMILES string of the molecule is CC(C)c1ccc2ccccc2c1S(=O)(=O)[O-].[Al+3]. The van der Waals surface area contributed by atoms with Gasteiger partial charge in [-0.15, -0.1) is 0 Å². The summed E-state index contributed by atoms with van der Waals surface area (Å²) in [6, 6.07) is 10.6. The van der Waals surface area contributed by atoms with Gasteiger partial charge in [-0.2, -0.15) is 0 Å². The third-order valence-electron chi connectivity index (χ3n) is 2.78. The normalized spacial score (nSPS) is 11.6. The Labute approximate surface area is 118 Å². The quantitative estimate of drug-likeness (QED) is 0.625. The summed E-state index contributed by atoms with van der Waals surface area (Å²) >= 11 is 0. The molecule has 2 rings (SSSR count). The van der Waals surface area contributed by atoms with Gasteiger partial charge in [0, 0.05) is 0 Å². The molecule has 0 saturated heterocycles. The van der Waals surface area contributed by atoms with Crippen LogP contribution in [0.25, 0.3) is 10.8 Å². The first-order chi connectivity index (χ1) is 7.91. The molecule has 0 bridgehead atoms. The van der Waals surface area contributed by atoms with E-state index in [0.29, 0.717) is 10.9 Å². The molecular formula is C13H13AlO3S+2. The zero-order valence-corrected chi connectivity index (χ0v) is 12.2. The fourth-order valence-electron chi connectivity index (χ4n) is 1.99. The molecule has 0 saturated carbocycles. The van der Waals surface area contributed by atoms with Gasteiger partial charge in [0.25, 0.3) is 0 Å². The first-order valence-corrected chi connectivity index (χ1v) is 6.79. The van der Waals surface area contributed by atoms with Crippen LogP contribution in [0.5, 0.6) is 0 Å². The number of benzene rings is 2. The van der Waals surface area contributed by atoms with E-state index in [-0.39, 0.29) is 28.2 Å². The molecule has 3 nitrogen and oxygen atoms in total. The van der Waals surface area contributed by atoms with Crippen LogP contribution in [0.1, 0.15) is 25.3 Å². The maximum Gasteiger partial charge on any atom is 3.00 e. The van der Waals surface area contributed by atoms with Crippen molar-refractivity contribution in [2.24, 2.45) is 0 Å². The van der Waals surface area contributed by atoms with Gasteiger partial charge in [0.15, 0.2) is 0 Å². The van der Waals surface area contributed by atoms with Crippen molar-refractivity contribution in [2.75, 3.05) is 0 Å². The largest absolute Gasteiger partial charge is 3.00 e. The molecule has 0 radical (unpaired) electrons.